The molecule has 0 spiro atoms. The molecule has 0 aliphatic carbocycles. The Bertz CT molecular complexity index is 947. The lowest BCUT2D eigenvalue weighted by Gasteiger charge is -2.31. The number of carbonyl (C=O) groups excluding carboxylic acids is 3. The first kappa shape index (κ1) is 21.5. The van der Waals surface area contributed by atoms with Crippen molar-refractivity contribution in [2.24, 2.45) is 13.0 Å². The molecule has 1 aromatic carbocycles. The molecule has 3 rings (SSSR count). The van der Waals surface area contributed by atoms with E-state index in [0.29, 0.717) is 42.9 Å². The summed E-state index contributed by atoms with van der Waals surface area (Å²) in [4.78, 5) is 38.5. The van der Waals surface area contributed by atoms with Gasteiger partial charge in [0.25, 0.3) is 11.8 Å². The van der Waals surface area contributed by atoms with Gasteiger partial charge >= 0.3 is 5.97 Å². The van der Waals surface area contributed by atoms with Gasteiger partial charge in [0, 0.05) is 25.7 Å². The van der Waals surface area contributed by atoms with Gasteiger partial charge in [-0.2, -0.15) is 5.10 Å². The van der Waals surface area contributed by atoms with Crippen molar-refractivity contribution in [3.8, 4) is 0 Å². The topological polar surface area (TPSA) is 93.5 Å². The standard InChI is InChI=1S/C21H25FN4O4/c1-13-19(14(2)25(3)24-13)23-18(27)12-30-21(29)16-8-10-26(11-9-16)20(28)15-4-6-17(22)7-5-15/h4-7,16H,8-12H2,1-3H3,(H,23,27). The molecule has 160 valence electrons. The summed E-state index contributed by atoms with van der Waals surface area (Å²) in [5.41, 5.74) is 2.53. The van der Waals surface area contributed by atoms with E-state index >= 15 is 0 Å². The molecule has 0 unspecified atom stereocenters. The fourth-order valence-corrected chi connectivity index (χ4v) is 3.48. The van der Waals surface area contributed by atoms with Crippen molar-refractivity contribution in [2.75, 3.05) is 25.0 Å². The van der Waals surface area contributed by atoms with Crippen molar-refractivity contribution in [3.63, 3.8) is 0 Å². The van der Waals surface area contributed by atoms with Crippen LogP contribution in [-0.2, 0) is 21.4 Å². The highest BCUT2D eigenvalue weighted by atomic mass is 19.1. The molecule has 0 radical (unpaired) electrons. The van der Waals surface area contributed by atoms with E-state index < -0.39 is 17.7 Å². The van der Waals surface area contributed by atoms with Crippen LogP contribution in [0.15, 0.2) is 24.3 Å². The second-order valence-corrected chi connectivity index (χ2v) is 7.40. The zero-order valence-electron chi connectivity index (χ0n) is 17.3. The quantitative estimate of drug-likeness (QED) is 0.755. The lowest BCUT2D eigenvalue weighted by molar-refractivity contribution is -0.152. The molecule has 0 atom stereocenters. The molecule has 2 amide bonds. The molecule has 8 nitrogen and oxygen atoms in total. The zero-order chi connectivity index (χ0) is 21.8. The van der Waals surface area contributed by atoms with E-state index in [-0.39, 0.29) is 18.4 Å². The number of likely N-dealkylation sites (tertiary alicyclic amines) is 1. The number of halogens is 1. The van der Waals surface area contributed by atoms with Crippen molar-refractivity contribution in [1.82, 2.24) is 14.7 Å². The second-order valence-electron chi connectivity index (χ2n) is 7.40. The third-order valence-corrected chi connectivity index (χ3v) is 5.33. The van der Waals surface area contributed by atoms with Crippen LogP contribution in [0.2, 0.25) is 0 Å². The maximum absolute atomic E-state index is 13.0. The molecule has 2 heterocycles. The number of rotatable bonds is 5. The zero-order valence-corrected chi connectivity index (χ0v) is 17.3. The van der Waals surface area contributed by atoms with Crippen LogP contribution in [0.1, 0.15) is 34.6 Å². The number of esters is 1. The van der Waals surface area contributed by atoms with Crippen LogP contribution >= 0.6 is 0 Å². The maximum Gasteiger partial charge on any atom is 0.309 e. The molecule has 1 fully saturated rings. The van der Waals surface area contributed by atoms with E-state index in [1.807, 2.05) is 6.92 Å². The van der Waals surface area contributed by atoms with Crippen LogP contribution in [0.5, 0.6) is 0 Å². The van der Waals surface area contributed by atoms with Crippen molar-refractivity contribution in [1.29, 1.82) is 0 Å². The highest BCUT2D eigenvalue weighted by molar-refractivity contribution is 5.95. The monoisotopic (exact) mass is 416 g/mol. The SMILES string of the molecule is Cc1nn(C)c(C)c1NC(=O)COC(=O)C1CCN(C(=O)c2ccc(F)cc2)CC1. The minimum absolute atomic E-state index is 0.191. The molecule has 1 aromatic heterocycles. The van der Waals surface area contributed by atoms with Gasteiger partial charge in [-0.1, -0.05) is 0 Å². The summed E-state index contributed by atoms with van der Waals surface area (Å²) in [5, 5.41) is 6.95. The van der Waals surface area contributed by atoms with E-state index in [2.05, 4.69) is 10.4 Å². The first-order chi connectivity index (χ1) is 14.3. The molecule has 9 heteroatoms. The summed E-state index contributed by atoms with van der Waals surface area (Å²) >= 11 is 0. The Labute approximate surface area is 174 Å². The number of hydrogen-bond acceptors (Lipinski definition) is 5. The molecular weight excluding hydrogens is 391 g/mol. The van der Waals surface area contributed by atoms with E-state index in [9.17, 15) is 18.8 Å². The van der Waals surface area contributed by atoms with Crippen molar-refractivity contribution < 1.29 is 23.5 Å². The number of benzene rings is 1. The fraction of sp³-hybridized carbons (Fsp3) is 0.429. The van der Waals surface area contributed by atoms with Gasteiger partial charge in [-0.25, -0.2) is 4.39 Å². The third kappa shape index (κ3) is 4.84. The lowest BCUT2D eigenvalue weighted by Crippen LogP contribution is -2.41. The molecule has 1 saturated heterocycles. The molecule has 1 aliphatic rings. The predicted octanol–water partition coefficient (Wildman–Crippen LogP) is 2.21. The van der Waals surface area contributed by atoms with E-state index in [1.165, 1.54) is 24.3 Å². The number of nitrogens with zero attached hydrogens (tertiary/aromatic N) is 3. The van der Waals surface area contributed by atoms with E-state index in [0.717, 1.165) is 5.69 Å². The fourth-order valence-electron chi connectivity index (χ4n) is 3.48. The van der Waals surface area contributed by atoms with E-state index in [1.54, 1.807) is 23.6 Å². The van der Waals surface area contributed by atoms with Crippen molar-refractivity contribution in [2.45, 2.75) is 26.7 Å². The number of amides is 2. The number of carbonyl (C=O) groups is 3. The van der Waals surface area contributed by atoms with Crippen LogP contribution < -0.4 is 5.32 Å². The molecule has 30 heavy (non-hydrogen) atoms. The van der Waals surface area contributed by atoms with Crippen LogP contribution in [0, 0.1) is 25.6 Å². The predicted molar refractivity (Wildman–Crippen MR) is 107 cm³/mol. The smallest absolute Gasteiger partial charge is 0.309 e. The molecule has 1 aliphatic heterocycles. The number of aryl methyl sites for hydroxylation is 2. The van der Waals surface area contributed by atoms with Crippen molar-refractivity contribution >= 4 is 23.5 Å². The summed E-state index contributed by atoms with van der Waals surface area (Å²) < 4.78 is 19.9. The number of aromatic nitrogens is 2. The number of piperidine rings is 1. The van der Waals surface area contributed by atoms with Gasteiger partial charge in [-0.15, -0.1) is 0 Å². The van der Waals surface area contributed by atoms with E-state index in [4.69, 9.17) is 4.74 Å². The number of nitrogens with one attached hydrogen (secondary N) is 1. The number of anilines is 1. The number of ether oxygens (including phenoxy) is 1. The highest BCUT2D eigenvalue weighted by Gasteiger charge is 2.29. The summed E-state index contributed by atoms with van der Waals surface area (Å²) in [6, 6.07) is 5.39. The van der Waals surface area contributed by atoms with Gasteiger partial charge in [0.2, 0.25) is 0 Å². The van der Waals surface area contributed by atoms with Gasteiger partial charge in [0.15, 0.2) is 6.61 Å². The third-order valence-electron chi connectivity index (χ3n) is 5.33. The molecular formula is C21H25FN4O4. The highest BCUT2D eigenvalue weighted by Crippen LogP contribution is 2.21. The average Bonchev–Trinajstić information content (AvgIpc) is 2.98. The first-order valence-electron chi connectivity index (χ1n) is 9.77. The van der Waals surface area contributed by atoms with Gasteiger partial charge in [0.05, 0.1) is 23.0 Å². The van der Waals surface area contributed by atoms with Crippen LogP contribution in [0.25, 0.3) is 0 Å². The normalized spacial score (nSPS) is 14.5. The second kappa shape index (κ2) is 9.06. The maximum atomic E-state index is 13.0. The Morgan fingerprint density at radius 2 is 1.80 bits per heavy atom. The minimum Gasteiger partial charge on any atom is -0.455 e. The van der Waals surface area contributed by atoms with Gasteiger partial charge < -0.3 is 15.0 Å². The Morgan fingerprint density at radius 3 is 2.37 bits per heavy atom. The Balaban J connectivity index is 1.45. The van der Waals surface area contributed by atoms with Gasteiger partial charge in [0.1, 0.15) is 5.82 Å². The summed E-state index contributed by atoms with van der Waals surface area (Å²) in [6.45, 7) is 4.05. The largest absolute Gasteiger partial charge is 0.455 e. The van der Waals surface area contributed by atoms with Gasteiger partial charge in [-0.05, 0) is 51.0 Å². The van der Waals surface area contributed by atoms with Crippen LogP contribution in [-0.4, -0.2) is 52.2 Å². The summed E-state index contributed by atoms with van der Waals surface area (Å²) in [5.74, 6) is -1.82. The molecule has 0 saturated carbocycles. The average molecular weight is 416 g/mol. The number of hydrogen-bond donors (Lipinski definition) is 1. The first-order valence-corrected chi connectivity index (χ1v) is 9.77. The molecule has 2 aromatic rings. The van der Waals surface area contributed by atoms with Crippen molar-refractivity contribution in [3.05, 3.63) is 47.0 Å². The molecule has 0 bridgehead atoms. The lowest BCUT2D eigenvalue weighted by atomic mass is 9.96. The Hall–Kier alpha value is -3.23. The Kier molecular flexibility index (Phi) is 6.49. The minimum atomic E-state index is -0.446. The summed E-state index contributed by atoms with van der Waals surface area (Å²) in [6.07, 6.45) is 0.905. The van der Waals surface area contributed by atoms with Crippen LogP contribution in [0.3, 0.4) is 0 Å². The summed E-state index contributed by atoms with van der Waals surface area (Å²) in [7, 11) is 1.78. The Morgan fingerprint density at radius 1 is 1.17 bits per heavy atom. The van der Waals surface area contributed by atoms with Gasteiger partial charge in [-0.3, -0.25) is 19.1 Å². The molecule has 1 N–H and O–H groups in total. The van der Waals surface area contributed by atoms with Crippen LogP contribution in [0.4, 0.5) is 10.1 Å².